The summed E-state index contributed by atoms with van der Waals surface area (Å²) in [6.45, 7) is 4.87. The van der Waals surface area contributed by atoms with E-state index in [9.17, 15) is 9.59 Å². The summed E-state index contributed by atoms with van der Waals surface area (Å²) < 4.78 is 0. The van der Waals surface area contributed by atoms with E-state index in [1.165, 1.54) is 11.8 Å². The van der Waals surface area contributed by atoms with Crippen LogP contribution < -0.4 is 5.32 Å². The van der Waals surface area contributed by atoms with Crippen molar-refractivity contribution < 1.29 is 14.7 Å². The van der Waals surface area contributed by atoms with Gasteiger partial charge in [-0.05, 0) is 24.5 Å². The molecule has 4 nitrogen and oxygen atoms in total. The second-order valence-corrected chi connectivity index (χ2v) is 5.64. The number of hydrogen-bond acceptors (Lipinski definition) is 3. The number of amides is 1. The lowest BCUT2D eigenvalue weighted by Crippen LogP contribution is -2.26. The van der Waals surface area contributed by atoms with E-state index in [-0.39, 0.29) is 17.2 Å². The van der Waals surface area contributed by atoms with E-state index >= 15 is 0 Å². The van der Waals surface area contributed by atoms with Crippen molar-refractivity contribution in [2.24, 2.45) is 5.92 Å². The number of nitrogens with one attached hydrogen (secondary N) is 1. The molecule has 0 bridgehead atoms. The van der Waals surface area contributed by atoms with Crippen LogP contribution in [0.5, 0.6) is 0 Å². The molecule has 1 aromatic carbocycles. The first-order chi connectivity index (χ1) is 9.00. The molecule has 0 fully saturated rings. The van der Waals surface area contributed by atoms with E-state index in [1.807, 2.05) is 0 Å². The molecule has 2 N–H and O–H groups in total. The molecule has 0 radical (unpaired) electrons. The number of carbonyl (C=O) groups excluding carboxylic acids is 1. The molecule has 0 saturated carbocycles. The van der Waals surface area contributed by atoms with E-state index in [2.05, 4.69) is 19.2 Å². The van der Waals surface area contributed by atoms with Crippen LogP contribution in [0.1, 0.15) is 30.6 Å². The quantitative estimate of drug-likeness (QED) is 0.754. The summed E-state index contributed by atoms with van der Waals surface area (Å²) in [5.74, 6) is -0.239. The third-order valence-electron chi connectivity index (χ3n) is 2.52. The summed E-state index contributed by atoms with van der Waals surface area (Å²) in [5, 5.41) is 11.8. The minimum absolute atomic E-state index is 0.0640. The third-order valence-corrected chi connectivity index (χ3v) is 3.59. The Morgan fingerprint density at radius 3 is 2.63 bits per heavy atom. The first-order valence-corrected chi connectivity index (χ1v) is 7.21. The third kappa shape index (κ3) is 5.79. The Balaban J connectivity index is 2.44. The summed E-state index contributed by atoms with van der Waals surface area (Å²) in [7, 11) is 0. The number of benzene rings is 1. The van der Waals surface area contributed by atoms with Crippen molar-refractivity contribution in [3.8, 4) is 0 Å². The van der Waals surface area contributed by atoms with Crippen LogP contribution in [0.4, 0.5) is 0 Å². The Hall–Kier alpha value is -1.49. The molecule has 0 aromatic heterocycles. The molecule has 0 spiro atoms. The van der Waals surface area contributed by atoms with Gasteiger partial charge in [0.2, 0.25) is 5.91 Å². The van der Waals surface area contributed by atoms with Crippen molar-refractivity contribution >= 4 is 23.6 Å². The van der Waals surface area contributed by atoms with E-state index in [0.717, 1.165) is 6.42 Å². The second kappa shape index (κ2) is 7.84. The minimum atomic E-state index is -0.969. The van der Waals surface area contributed by atoms with Gasteiger partial charge in [-0.25, -0.2) is 4.79 Å². The van der Waals surface area contributed by atoms with Crippen LogP contribution >= 0.6 is 11.8 Å². The first-order valence-electron chi connectivity index (χ1n) is 6.22. The Kier molecular flexibility index (Phi) is 6.42. The molecule has 0 atom stereocenters. The maximum Gasteiger partial charge on any atom is 0.336 e. The summed E-state index contributed by atoms with van der Waals surface area (Å²) in [6.07, 6.45) is 0.947. The molecule has 0 heterocycles. The molecule has 0 aliphatic heterocycles. The molecule has 0 aliphatic carbocycles. The van der Waals surface area contributed by atoms with Gasteiger partial charge in [0, 0.05) is 11.4 Å². The van der Waals surface area contributed by atoms with Crippen molar-refractivity contribution in [2.45, 2.75) is 25.2 Å². The number of thioether (sulfide) groups is 1. The van der Waals surface area contributed by atoms with Crippen molar-refractivity contribution in [3.05, 3.63) is 29.8 Å². The van der Waals surface area contributed by atoms with Gasteiger partial charge in [0.25, 0.3) is 0 Å². The zero-order chi connectivity index (χ0) is 14.3. The second-order valence-electron chi connectivity index (χ2n) is 4.62. The molecule has 19 heavy (non-hydrogen) atoms. The molecule has 104 valence electrons. The fourth-order valence-corrected chi connectivity index (χ4v) is 2.34. The highest BCUT2D eigenvalue weighted by atomic mass is 32.2. The van der Waals surface area contributed by atoms with Crippen LogP contribution in [-0.4, -0.2) is 29.3 Å². The predicted octanol–water partition coefficient (Wildman–Crippen LogP) is 2.64. The van der Waals surface area contributed by atoms with Crippen LogP contribution in [0.25, 0.3) is 0 Å². The maximum atomic E-state index is 11.6. The minimum Gasteiger partial charge on any atom is -0.478 e. The Morgan fingerprint density at radius 1 is 1.32 bits per heavy atom. The molecule has 0 aliphatic rings. The van der Waals surface area contributed by atoms with E-state index in [0.29, 0.717) is 17.4 Å². The Labute approximate surface area is 117 Å². The summed E-state index contributed by atoms with van der Waals surface area (Å²) in [6, 6.07) is 6.71. The van der Waals surface area contributed by atoms with Gasteiger partial charge in [-0.15, -0.1) is 11.8 Å². The fourth-order valence-electron chi connectivity index (χ4n) is 1.46. The number of carboxylic acid groups (broad SMARTS) is 1. The first kappa shape index (κ1) is 15.6. The number of carbonyl (C=O) groups is 2. The van der Waals surface area contributed by atoms with Gasteiger partial charge >= 0.3 is 5.97 Å². The van der Waals surface area contributed by atoms with Crippen LogP contribution in [0.15, 0.2) is 29.2 Å². The zero-order valence-electron chi connectivity index (χ0n) is 11.2. The normalized spacial score (nSPS) is 10.5. The average Bonchev–Trinajstić information content (AvgIpc) is 2.36. The summed E-state index contributed by atoms with van der Waals surface area (Å²) in [5.41, 5.74) is 0.238. The van der Waals surface area contributed by atoms with Crippen LogP contribution in [0.3, 0.4) is 0 Å². The topological polar surface area (TPSA) is 66.4 Å². The molecule has 1 aromatic rings. The van der Waals surface area contributed by atoms with Gasteiger partial charge in [0.15, 0.2) is 0 Å². The van der Waals surface area contributed by atoms with E-state index in [1.54, 1.807) is 24.3 Å². The molecule has 0 unspecified atom stereocenters. The highest BCUT2D eigenvalue weighted by Gasteiger charge is 2.11. The van der Waals surface area contributed by atoms with Gasteiger partial charge in [-0.2, -0.15) is 0 Å². The van der Waals surface area contributed by atoms with Gasteiger partial charge in [0.05, 0.1) is 11.3 Å². The molecule has 1 rings (SSSR count). The van der Waals surface area contributed by atoms with Crippen molar-refractivity contribution in [1.29, 1.82) is 0 Å². The lowest BCUT2D eigenvalue weighted by molar-refractivity contribution is -0.118. The molecule has 5 heteroatoms. The Bertz CT molecular complexity index is 446. The lowest BCUT2D eigenvalue weighted by Gasteiger charge is -2.08. The number of aromatic carboxylic acids is 1. The fraction of sp³-hybridized carbons (Fsp3) is 0.429. The van der Waals surface area contributed by atoms with Crippen molar-refractivity contribution in [3.63, 3.8) is 0 Å². The van der Waals surface area contributed by atoms with Gasteiger partial charge in [-0.3, -0.25) is 4.79 Å². The summed E-state index contributed by atoms with van der Waals surface area (Å²) in [4.78, 5) is 23.2. The zero-order valence-corrected chi connectivity index (χ0v) is 12.0. The molecular weight excluding hydrogens is 262 g/mol. The molecule has 1 amide bonds. The molecular formula is C14H19NO3S. The van der Waals surface area contributed by atoms with E-state index < -0.39 is 5.97 Å². The smallest absolute Gasteiger partial charge is 0.336 e. The Morgan fingerprint density at radius 2 is 2.00 bits per heavy atom. The van der Waals surface area contributed by atoms with Crippen LogP contribution in [-0.2, 0) is 4.79 Å². The number of carboxylic acids is 1. The standard InChI is InChI=1S/C14H19NO3S/c1-10(2)7-8-15-13(16)9-19-12-6-4-3-5-11(12)14(17)18/h3-6,10H,7-9H2,1-2H3,(H,15,16)(H,17,18). The largest absolute Gasteiger partial charge is 0.478 e. The van der Waals surface area contributed by atoms with Crippen LogP contribution in [0, 0.1) is 5.92 Å². The monoisotopic (exact) mass is 281 g/mol. The maximum absolute atomic E-state index is 11.6. The predicted molar refractivity (Wildman–Crippen MR) is 76.6 cm³/mol. The SMILES string of the molecule is CC(C)CCNC(=O)CSc1ccccc1C(=O)O. The molecule has 0 saturated heterocycles. The summed E-state index contributed by atoms with van der Waals surface area (Å²) >= 11 is 1.25. The number of rotatable bonds is 7. The van der Waals surface area contributed by atoms with E-state index in [4.69, 9.17) is 5.11 Å². The van der Waals surface area contributed by atoms with Gasteiger partial charge in [0.1, 0.15) is 0 Å². The van der Waals surface area contributed by atoms with Crippen molar-refractivity contribution in [2.75, 3.05) is 12.3 Å². The highest BCUT2D eigenvalue weighted by Crippen LogP contribution is 2.22. The lowest BCUT2D eigenvalue weighted by atomic mass is 10.1. The van der Waals surface area contributed by atoms with Crippen LogP contribution in [0.2, 0.25) is 0 Å². The number of hydrogen-bond donors (Lipinski definition) is 2. The van der Waals surface area contributed by atoms with Gasteiger partial charge in [-0.1, -0.05) is 26.0 Å². The average molecular weight is 281 g/mol. The van der Waals surface area contributed by atoms with Crippen molar-refractivity contribution in [1.82, 2.24) is 5.32 Å². The van der Waals surface area contributed by atoms with Gasteiger partial charge < -0.3 is 10.4 Å². The highest BCUT2D eigenvalue weighted by molar-refractivity contribution is 8.00.